The zero-order valence-corrected chi connectivity index (χ0v) is 15.4. The van der Waals surface area contributed by atoms with Crippen LogP contribution in [0.5, 0.6) is 0 Å². The number of anilines is 1. The number of hydrogen-bond acceptors (Lipinski definition) is 5. The van der Waals surface area contributed by atoms with Crippen LogP contribution < -0.4 is 11.1 Å². The smallest absolute Gasteiger partial charge is 0.274 e. The Balaban J connectivity index is 2.11. The van der Waals surface area contributed by atoms with E-state index in [2.05, 4.69) is 10.3 Å². The zero-order valence-electron chi connectivity index (χ0n) is 14.6. The predicted octanol–water partition coefficient (Wildman–Crippen LogP) is 2.52. The number of carbonyl (C=O) groups is 2. The number of aromatic nitrogens is 1. The Hall–Kier alpha value is -2.25. The summed E-state index contributed by atoms with van der Waals surface area (Å²) in [6.07, 6.45) is 1.41. The van der Waals surface area contributed by atoms with Gasteiger partial charge in [-0.3, -0.25) is 9.59 Å². The molecule has 1 heterocycles. The third-order valence-electron chi connectivity index (χ3n) is 3.74. The second-order valence-electron chi connectivity index (χ2n) is 5.69. The third-order valence-corrected chi connectivity index (χ3v) is 4.65. The largest absolute Gasteiger partial charge is 0.330 e. The lowest BCUT2D eigenvalue weighted by Crippen LogP contribution is -2.46. The topological polar surface area (TPSA) is 88.3 Å². The lowest BCUT2D eigenvalue weighted by molar-refractivity contribution is -0.120. The van der Waals surface area contributed by atoms with Gasteiger partial charge < -0.3 is 16.0 Å². The Morgan fingerprint density at radius 2 is 2.04 bits per heavy atom. The molecule has 2 aromatic rings. The van der Waals surface area contributed by atoms with Crippen molar-refractivity contribution < 1.29 is 9.59 Å². The summed E-state index contributed by atoms with van der Waals surface area (Å²) in [6.45, 7) is 4.70. The summed E-state index contributed by atoms with van der Waals surface area (Å²) in [4.78, 5) is 31.3. The van der Waals surface area contributed by atoms with Gasteiger partial charge in [-0.2, -0.15) is 0 Å². The van der Waals surface area contributed by atoms with Crippen LogP contribution in [-0.4, -0.2) is 40.8 Å². The fourth-order valence-electron chi connectivity index (χ4n) is 2.42. The Bertz CT molecular complexity index is 702. The highest BCUT2D eigenvalue weighted by Gasteiger charge is 2.27. The predicted molar refractivity (Wildman–Crippen MR) is 101 cm³/mol. The summed E-state index contributed by atoms with van der Waals surface area (Å²) < 4.78 is 0. The molecule has 0 fully saturated rings. The molecule has 0 saturated carbocycles. The van der Waals surface area contributed by atoms with Gasteiger partial charge in [-0.15, -0.1) is 11.3 Å². The summed E-state index contributed by atoms with van der Waals surface area (Å²) in [5, 5.41) is 5.42. The molecule has 1 aromatic heterocycles. The van der Waals surface area contributed by atoms with Crippen molar-refractivity contribution in [3.63, 3.8) is 0 Å². The minimum Gasteiger partial charge on any atom is -0.330 e. The first-order valence-corrected chi connectivity index (χ1v) is 9.26. The van der Waals surface area contributed by atoms with E-state index in [0.29, 0.717) is 30.9 Å². The molecule has 0 bridgehead atoms. The molecule has 0 saturated heterocycles. The summed E-state index contributed by atoms with van der Waals surface area (Å²) in [6, 6.07) is 8.62. The molecule has 3 N–H and O–H groups in total. The van der Waals surface area contributed by atoms with Gasteiger partial charge in [-0.25, -0.2) is 4.98 Å². The van der Waals surface area contributed by atoms with E-state index in [1.807, 2.05) is 37.3 Å². The maximum Gasteiger partial charge on any atom is 0.274 e. The van der Waals surface area contributed by atoms with Crippen molar-refractivity contribution in [2.45, 2.75) is 32.7 Å². The standard InChI is InChI=1S/C18H24N4O2S/c1-3-11-22(18(24)15-12-25-16(21-15)9-10-19)13(2)17(23)20-14-7-5-4-6-8-14/h4-8,12-13H,3,9-11,19H2,1-2H3,(H,20,23). The summed E-state index contributed by atoms with van der Waals surface area (Å²) >= 11 is 1.42. The van der Waals surface area contributed by atoms with Crippen LogP contribution in [0.3, 0.4) is 0 Å². The molecular formula is C18H24N4O2S. The van der Waals surface area contributed by atoms with Gasteiger partial charge in [0.25, 0.3) is 5.91 Å². The summed E-state index contributed by atoms with van der Waals surface area (Å²) in [7, 11) is 0. The van der Waals surface area contributed by atoms with E-state index in [4.69, 9.17) is 5.73 Å². The minimum absolute atomic E-state index is 0.217. The molecule has 2 rings (SSSR count). The van der Waals surface area contributed by atoms with Crippen LogP contribution in [0.2, 0.25) is 0 Å². The van der Waals surface area contributed by atoms with E-state index >= 15 is 0 Å². The van der Waals surface area contributed by atoms with Crippen LogP contribution in [0, 0.1) is 0 Å². The quantitative estimate of drug-likeness (QED) is 0.757. The average molecular weight is 360 g/mol. The van der Waals surface area contributed by atoms with Crippen molar-refractivity contribution in [1.82, 2.24) is 9.88 Å². The van der Waals surface area contributed by atoms with Crippen LogP contribution in [0.1, 0.15) is 35.8 Å². The van der Waals surface area contributed by atoms with Gasteiger partial charge >= 0.3 is 0 Å². The zero-order chi connectivity index (χ0) is 18.2. The van der Waals surface area contributed by atoms with Crippen molar-refractivity contribution in [2.24, 2.45) is 5.73 Å². The first-order valence-electron chi connectivity index (χ1n) is 8.38. The van der Waals surface area contributed by atoms with Crippen LogP contribution in [0.25, 0.3) is 0 Å². The Kier molecular flexibility index (Phi) is 7.09. The molecule has 134 valence electrons. The lowest BCUT2D eigenvalue weighted by atomic mass is 10.2. The maximum atomic E-state index is 12.8. The highest BCUT2D eigenvalue weighted by molar-refractivity contribution is 7.09. The van der Waals surface area contributed by atoms with Crippen molar-refractivity contribution in [3.8, 4) is 0 Å². The maximum absolute atomic E-state index is 12.8. The molecule has 1 aromatic carbocycles. The molecule has 0 aliphatic heterocycles. The van der Waals surface area contributed by atoms with Crippen molar-refractivity contribution in [2.75, 3.05) is 18.4 Å². The minimum atomic E-state index is -0.590. The van der Waals surface area contributed by atoms with E-state index in [0.717, 1.165) is 11.4 Å². The first-order chi connectivity index (χ1) is 12.1. The molecule has 6 nitrogen and oxygen atoms in total. The van der Waals surface area contributed by atoms with Crippen molar-refractivity contribution in [3.05, 3.63) is 46.4 Å². The van der Waals surface area contributed by atoms with Crippen LogP contribution in [-0.2, 0) is 11.2 Å². The van der Waals surface area contributed by atoms with Crippen LogP contribution in [0.4, 0.5) is 5.69 Å². The Labute approximate surface area is 152 Å². The summed E-state index contributed by atoms with van der Waals surface area (Å²) in [5.74, 6) is -0.442. The van der Waals surface area contributed by atoms with Gasteiger partial charge in [0.1, 0.15) is 11.7 Å². The molecule has 0 aliphatic carbocycles. The molecule has 1 atom stereocenters. The Morgan fingerprint density at radius 3 is 2.68 bits per heavy atom. The highest BCUT2D eigenvalue weighted by Crippen LogP contribution is 2.15. The second kappa shape index (κ2) is 9.29. The number of thiazole rings is 1. The number of nitrogens with zero attached hydrogens (tertiary/aromatic N) is 2. The number of amides is 2. The van der Waals surface area contributed by atoms with Gasteiger partial charge in [-0.05, 0) is 32.0 Å². The number of rotatable bonds is 8. The summed E-state index contributed by atoms with van der Waals surface area (Å²) in [5.41, 5.74) is 6.62. The number of nitrogens with two attached hydrogens (primary N) is 1. The van der Waals surface area contributed by atoms with Gasteiger partial charge in [-0.1, -0.05) is 25.1 Å². The number of nitrogens with one attached hydrogen (secondary N) is 1. The molecule has 7 heteroatoms. The molecule has 25 heavy (non-hydrogen) atoms. The number of para-hydroxylation sites is 1. The average Bonchev–Trinajstić information content (AvgIpc) is 3.08. The van der Waals surface area contributed by atoms with E-state index in [-0.39, 0.29) is 11.8 Å². The molecule has 0 radical (unpaired) electrons. The normalized spacial score (nSPS) is 11.8. The number of benzene rings is 1. The van der Waals surface area contributed by atoms with Gasteiger partial charge in [0.2, 0.25) is 5.91 Å². The second-order valence-corrected chi connectivity index (χ2v) is 6.64. The van der Waals surface area contributed by atoms with E-state index in [1.165, 1.54) is 11.3 Å². The molecule has 0 aliphatic rings. The van der Waals surface area contributed by atoms with Crippen molar-refractivity contribution in [1.29, 1.82) is 0 Å². The SMILES string of the molecule is CCCN(C(=O)c1csc(CCN)n1)C(C)C(=O)Nc1ccccc1. The fourth-order valence-corrected chi connectivity index (χ4v) is 3.20. The number of carbonyl (C=O) groups excluding carboxylic acids is 2. The molecular weight excluding hydrogens is 336 g/mol. The molecule has 1 unspecified atom stereocenters. The van der Waals surface area contributed by atoms with Gasteiger partial charge in [0.05, 0.1) is 5.01 Å². The van der Waals surface area contributed by atoms with Gasteiger partial charge in [0, 0.05) is 24.0 Å². The first kappa shape index (κ1) is 19.1. The molecule has 0 spiro atoms. The Morgan fingerprint density at radius 1 is 1.32 bits per heavy atom. The van der Waals surface area contributed by atoms with Gasteiger partial charge in [0.15, 0.2) is 0 Å². The lowest BCUT2D eigenvalue weighted by Gasteiger charge is -2.27. The highest BCUT2D eigenvalue weighted by atomic mass is 32.1. The molecule has 2 amide bonds. The van der Waals surface area contributed by atoms with Crippen LogP contribution in [0.15, 0.2) is 35.7 Å². The third kappa shape index (κ3) is 5.11. The van der Waals surface area contributed by atoms with E-state index < -0.39 is 6.04 Å². The number of hydrogen-bond donors (Lipinski definition) is 2. The van der Waals surface area contributed by atoms with Crippen molar-refractivity contribution >= 4 is 28.8 Å². The van der Waals surface area contributed by atoms with E-state index in [1.54, 1.807) is 17.2 Å². The van der Waals surface area contributed by atoms with Crippen LogP contribution >= 0.6 is 11.3 Å². The fraction of sp³-hybridized carbons (Fsp3) is 0.389. The van der Waals surface area contributed by atoms with E-state index in [9.17, 15) is 9.59 Å². The monoisotopic (exact) mass is 360 g/mol.